The summed E-state index contributed by atoms with van der Waals surface area (Å²) >= 11 is 1.49. The van der Waals surface area contributed by atoms with Crippen LogP contribution in [0.5, 0.6) is 0 Å². The molecule has 1 aliphatic rings. The van der Waals surface area contributed by atoms with E-state index >= 15 is 0 Å². The Hall–Kier alpha value is -1.55. The number of thioether (sulfide) groups is 1. The molecule has 104 valence electrons. The number of fused-ring (bicyclic) bond motifs is 1. The van der Waals surface area contributed by atoms with Gasteiger partial charge in [-0.05, 0) is 37.8 Å². The molecule has 1 aromatic heterocycles. The summed E-state index contributed by atoms with van der Waals surface area (Å²) in [5.41, 5.74) is 0.976. The standard InChI is InChI=1S/C16H18N2OS/c1-11(12-6-7-12)17-15(19)10-20-16-9-8-13-4-2-3-5-14(13)18-16/h2-5,8-9,11-12H,6-7,10H2,1H3,(H,17,19)/t11-/m1/s1. The van der Waals surface area contributed by atoms with Gasteiger partial charge in [0.2, 0.25) is 5.91 Å². The van der Waals surface area contributed by atoms with Crippen LogP contribution in [-0.4, -0.2) is 22.7 Å². The lowest BCUT2D eigenvalue weighted by Gasteiger charge is -2.12. The van der Waals surface area contributed by atoms with Gasteiger partial charge in [0.15, 0.2) is 0 Å². The second kappa shape index (κ2) is 5.83. The number of hydrogen-bond acceptors (Lipinski definition) is 3. The van der Waals surface area contributed by atoms with Crippen LogP contribution in [-0.2, 0) is 4.79 Å². The zero-order valence-corrected chi connectivity index (χ0v) is 12.3. The highest BCUT2D eigenvalue weighted by molar-refractivity contribution is 7.99. The van der Waals surface area contributed by atoms with Crippen LogP contribution in [0.3, 0.4) is 0 Å². The Morgan fingerprint density at radius 2 is 2.15 bits per heavy atom. The molecule has 20 heavy (non-hydrogen) atoms. The van der Waals surface area contributed by atoms with Crippen molar-refractivity contribution in [2.75, 3.05) is 5.75 Å². The van der Waals surface area contributed by atoms with E-state index in [9.17, 15) is 4.79 Å². The number of pyridine rings is 1. The molecule has 4 heteroatoms. The average molecular weight is 286 g/mol. The molecule has 1 aliphatic carbocycles. The molecule has 3 rings (SSSR count). The van der Waals surface area contributed by atoms with Crippen LogP contribution in [0.4, 0.5) is 0 Å². The van der Waals surface area contributed by atoms with E-state index in [1.54, 1.807) is 0 Å². The molecular formula is C16H18N2OS. The van der Waals surface area contributed by atoms with Gasteiger partial charge in [-0.2, -0.15) is 0 Å². The molecular weight excluding hydrogens is 268 g/mol. The van der Waals surface area contributed by atoms with Gasteiger partial charge in [0.1, 0.15) is 0 Å². The number of amides is 1. The predicted molar refractivity (Wildman–Crippen MR) is 82.8 cm³/mol. The molecule has 1 heterocycles. The highest BCUT2D eigenvalue weighted by Crippen LogP contribution is 2.32. The minimum Gasteiger partial charge on any atom is -0.353 e. The van der Waals surface area contributed by atoms with Crippen LogP contribution >= 0.6 is 11.8 Å². The van der Waals surface area contributed by atoms with Crippen molar-refractivity contribution in [3.05, 3.63) is 36.4 Å². The number of benzene rings is 1. The summed E-state index contributed by atoms with van der Waals surface area (Å²) in [6.07, 6.45) is 2.50. The van der Waals surface area contributed by atoms with Crippen LogP contribution in [0.15, 0.2) is 41.4 Å². The number of hydrogen-bond donors (Lipinski definition) is 1. The highest BCUT2D eigenvalue weighted by Gasteiger charge is 2.28. The Kier molecular flexibility index (Phi) is 3.92. The molecule has 0 unspecified atom stereocenters. The number of carbonyl (C=O) groups excluding carboxylic acids is 1. The van der Waals surface area contributed by atoms with Crippen molar-refractivity contribution in [3.63, 3.8) is 0 Å². The van der Waals surface area contributed by atoms with Gasteiger partial charge in [0.25, 0.3) is 0 Å². The molecule has 0 saturated heterocycles. The summed E-state index contributed by atoms with van der Waals surface area (Å²) in [5, 5.41) is 5.09. The van der Waals surface area contributed by atoms with Crippen LogP contribution in [0.2, 0.25) is 0 Å². The van der Waals surface area contributed by atoms with Gasteiger partial charge in [0.05, 0.1) is 16.3 Å². The predicted octanol–water partition coefficient (Wildman–Crippen LogP) is 3.24. The Morgan fingerprint density at radius 1 is 1.35 bits per heavy atom. The number of rotatable bonds is 5. The Bertz CT molecular complexity index is 625. The van der Waals surface area contributed by atoms with Gasteiger partial charge in [-0.15, -0.1) is 0 Å². The fourth-order valence-corrected chi connectivity index (χ4v) is 2.97. The smallest absolute Gasteiger partial charge is 0.230 e. The Labute approximate surface area is 123 Å². The number of para-hydroxylation sites is 1. The van der Waals surface area contributed by atoms with Crippen molar-refractivity contribution in [3.8, 4) is 0 Å². The molecule has 1 atom stereocenters. The van der Waals surface area contributed by atoms with Gasteiger partial charge in [-0.1, -0.05) is 36.0 Å². The molecule has 0 spiro atoms. The first kappa shape index (κ1) is 13.4. The van der Waals surface area contributed by atoms with E-state index in [0.717, 1.165) is 15.9 Å². The number of nitrogens with zero attached hydrogens (tertiary/aromatic N) is 1. The second-order valence-corrected chi connectivity index (χ2v) is 6.32. The summed E-state index contributed by atoms with van der Waals surface area (Å²) < 4.78 is 0. The fraction of sp³-hybridized carbons (Fsp3) is 0.375. The molecule has 1 fully saturated rings. The third-order valence-electron chi connectivity index (χ3n) is 3.64. The van der Waals surface area contributed by atoms with E-state index in [1.165, 1.54) is 24.6 Å². The van der Waals surface area contributed by atoms with Crippen LogP contribution in [0.25, 0.3) is 10.9 Å². The summed E-state index contributed by atoms with van der Waals surface area (Å²) in [6.45, 7) is 2.09. The van der Waals surface area contributed by atoms with E-state index in [0.29, 0.717) is 17.7 Å². The summed E-state index contributed by atoms with van der Waals surface area (Å²) in [4.78, 5) is 16.4. The summed E-state index contributed by atoms with van der Waals surface area (Å²) in [5.74, 6) is 1.23. The third kappa shape index (κ3) is 3.31. The molecule has 0 aliphatic heterocycles. The van der Waals surface area contributed by atoms with E-state index in [4.69, 9.17) is 0 Å². The van der Waals surface area contributed by atoms with Crippen molar-refractivity contribution in [1.29, 1.82) is 0 Å². The van der Waals surface area contributed by atoms with Gasteiger partial charge in [0, 0.05) is 11.4 Å². The number of carbonyl (C=O) groups is 1. The van der Waals surface area contributed by atoms with Gasteiger partial charge >= 0.3 is 0 Å². The van der Waals surface area contributed by atoms with Crippen molar-refractivity contribution in [2.45, 2.75) is 30.8 Å². The topological polar surface area (TPSA) is 42.0 Å². The summed E-state index contributed by atoms with van der Waals surface area (Å²) in [7, 11) is 0. The minimum atomic E-state index is 0.101. The fourth-order valence-electron chi connectivity index (χ4n) is 2.28. The largest absolute Gasteiger partial charge is 0.353 e. The maximum atomic E-state index is 11.9. The second-order valence-electron chi connectivity index (χ2n) is 5.32. The number of aromatic nitrogens is 1. The Balaban J connectivity index is 1.57. The molecule has 1 N–H and O–H groups in total. The zero-order valence-electron chi connectivity index (χ0n) is 11.5. The quantitative estimate of drug-likeness (QED) is 0.858. The van der Waals surface area contributed by atoms with E-state index in [2.05, 4.69) is 23.3 Å². The number of nitrogens with one attached hydrogen (secondary N) is 1. The van der Waals surface area contributed by atoms with E-state index < -0.39 is 0 Å². The SMILES string of the molecule is C[C@@H](NC(=O)CSc1ccc2ccccc2n1)C1CC1. The van der Waals surface area contributed by atoms with Gasteiger partial charge in [-0.3, -0.25) is 4.79 Å². The third-order valence-corrected chi connectivity index (χ3v) is 4.57. The molecule has 3 nitrogen and oxygen atoms in total. The van der Waals surface area contributed by atoms with Crippen molar-refractivity contribution in [2.24, 2.45) is 5.92 Å². The first-order chi connectivity index (χ1) is 9.72. The molecule has 2 aromatic rings. The maximum Gasteiger partial charge on any atom is 0.230 e. The lowest BCUT2D eigenvalue weighted by atomic mass is 10.2. The van der Waals surface area contributed by atoms with E-state index in [-0.39, 0.29) is 5.91 Å². The highest BCUT2D eigenvalue weighted by atomic mass is 32.2. The molecule has 1 amide bonds. The molecule has 0 bridgehead atoms. The van der Waals surface area contributed by atoms with Gasteiger partial charge in [-0.25, -0.2) is 4.98 Å². The summed E-state index contributed by atoms with van der Waals surface area (Å²) in [6, 6.07) is 12.4. The van der Waals surface area contributed by atoms with Crippen LogP contribution in [0.1, 0.15) is 19.8 Å². The Morgan fingerprint density at radius 3 is 2.95 bits per heavy atom. The maximum absolute atomic E-state index is 11.9. The van der Waals surface area contributed by atoms with Crippen molar-refractivity contribution >= 4 is 28.6 Å². The average Bonchev–Trinajstić information content (AvgIpc) is 3.29. The first-order valence-electron chi connectivity index (χ1n) is 7.00. The minimum absolute atomic E-state index is 0.101. The van der Waals surface area contributed by atoms with Crippen molar-refractivity contribution < 1.29 is 4.79 Å². The molecule has 0 radical (unpaired) electrons. The van der Waals surface area contributed by atoms with Crippen molar-refractivity contribution in [1.82, 2.24) is 10.3 Å². The van der Waals surface area contributed by atoms with Crippen LogP contribution < -0.4 is 5.32 Å². The zero-order chi connectivity index (χ0) is 13.9. The monoisotopic (exact) mass is 286 g/mol. The molecule has 1 saturated carbocycles. The normalized spacial score (nSPS) is 16.1. The lowest BCUT2D eigenvalue weighted by molar-refractivity contribution is -0.119. The van der Waals surface area contributed by atoms with Gasteiger partial charge < -0.3 is 5.32 Å². The van der Waals surface area contributed by atoms with E-state index in [1.807, 2.05) is 30.3 Å². The first-order valence-corrected chi connectivity index (χ1v) is 7.99. The lowest BCUT2D eigenvalue weighted by Crippen LogP contribution is -2.35. The van der Waals surface area contributed by atoms with Crippen LogP contribution in [0, 0.1) is 5.92 Å². The molecule has 1 aromatic carbocycles.